The Morgan fingerprint density at radius 3 is 2.61 bits per heavy atom. The minimum absolute atomic E-state index is 0.157. The number of H-pyrrole nitrogens is 1. The topological polar surface area (TPSA) is 122 Å². The van der Waals surface area contributed by atoms with Crippen molar-refractivity contribution in [1.29, 1.82) is 0 Å². The molecule has 4 aromatic rings. The SMILES string of the molecule is Cc1cc2c(C(=O)NC(C)c3ccn[nH]3)c(N)n(-c3c(C)ccc(O)c3C)c2nc1C. The van der Waals surface area contributed by atoms with Crippen LogP contribution in [-0.2, 0) is 0 Å². The molecular weight excluding hydrogens is 392 g/mol. The summed E-state index contributed by atoms with van der Waals surface area (Å²) >= 11 is 0. The van der Waals surface area contributed by atoms with Crippen molar-refractivity contribution in [3.05, 3.63) is 64.1 Å². The van der Waals surface area contributed by atoms with Crippen molar-refractivity contribution >= 4 is 22.8 Å². The van der Waals surface area contributed by atoms with Gasteiger partial charge in [0.1, 0.15) is 17.2 Å². The van der Waals surface area contributed by atoms with Gasteiger partial charge in [-0.05, 0) is 63.9 Å². The monoisotopic (exact) mass is 418 g/mol. The lowest BCUT2D eigenvalue weighted by Crippen LogP contribution is -2.27. The number of benzene rings is 1. The molecule has 8 heteroatoms. The molecule has 0 aliphatic carbocycles. The van der Waals surface area contributed by atoms with E-state index in [-0.39, 0.29) is 23.5 Å². The summed E-state index contributed by atoms with van der Waals surface area (Å²) in [6.45, 7) is 9.51. The van der Waals surface area contributed by atoms with Crippen molar-refractivity contribution in [3.8, 4) is 11.4 Å². The number of nitrogen functional groups attached to an aromatic ring is 1. The number of nitrogens with one attached hydrogen (secondary N) is 2. The van der Waals surface area contributed by atoms with E-state index in [0.717, 1.165) is 28.2 Å². The Balaban J connectivity index is 1.95. The summed E-state index contributed by atoms with van der Waals surface area (Å²) < 4.78 is 1.77. The van der Waals surface area contributed by atoms with Gasteiger partial charge < -0.3 is 16.2 Å². The van der Waals surface area contributed by atoms with Crippen molar-refractivity contribution in [2.24, 2.45) is 0 Å². The van der Waals surface area contributed by atoms with Gasteiger partial charge in [-0.2, -0.15) is 5.10 Å². The number of anilines is 1. The quantitative estimate of drug-likeness (QED) is 0.402. The van der Waals surface area contributed by atoms with Crippen molar-refractivity contribution in [1.82, 2.24) is 25.1 Å². The van der Waals surface area contributed by atoms with E-state index in [9.17, 15) is 9.90 Å². The van der Waals surface area contributed by atoms with Gasteiger partial charge in [0.05, 0.1) is 23.0 Å². The lowest BCUT2D eigenvalue weighted by atomic mass is 10.1. The highest BCUT2D eigenvalue weighted by Crippen LogP contribution is 2.36. The number of phenolic OH excluding ortho intramolecular Hbond substituents is 1. The fraction of sp³-hybridized carbons (Fsp3) is 0.261. The third-order valence-electron chi connectivity index (χ3n) is 5.82. The van der Waals surface area contributed by atoms with E-state index in [1.165, 1.54) is 0 Å². The van der Waals surface area contributed by atoms with Gasteiger partial charge in [0, 0.05) is 22.8 Å². The Hall–Kier alpha value is -3.81. The predicted octanol–water partition coefficient (Wildman–Crippen LogP) is 3.76. The van der Waals surface area contributed by atoms with Crippen LogP contribution in [0.2, 0.25) is 0 Å². The molecule has 1 atom stereocenters. The number of pyridine rings is 1. The van der Waals surface area contributed by atoms with Crippen LogP contribution in [0.1, 0.15) is 51.4 Å². The molecular formula is C23H26N6O2. The molecule has 1 aromatic carbocycles. The van der Waals surface area contributed by atoms with E-state index in [0.29, 0.717) is 22.2 Å². The standard InChI is InChI=1S/C23H26N6O2/c1-11-6-7-18(30)13(3)20(11)29-21(24)19(16-10-12(2)14(4)26-22(16)29)23(31)27-15(5)17-8-9-25-28-17/h6-10,15,30H,24H2,1-5H3,(H,25,28)(H,27,31). The highest BCUT2D eigenvalue weighted by molar-refractivity contribution is 6.12. The normalized spacial score (nSPS) is 12.3. The summed E-state index contributed by atoms with van der Waals surface area (Å²) in [6.07, 6.45) is 1.64. The molecule has 4 rings (SSSR count). The van der Waals surface area contributed by atoms with E-state index < -0.39 is 0 Å². The van der Waals surface area contributed by atoms with Crippen LogP contribution < -0.4 is 11.1 Å². The first-order valence-electron chi connectivity index (χ1n) is 10.1. The Labute approximate surface area is 180 Å². The molecule has 3 aromatic heterocycles. The lowest BCUT2D eigenvalue weighted by molar-refractivity contribution is 0.0941. The van der Waals surface area contributed by atoms with Gasteiger partial charge in [-0.25, -0.2) is 4.98 Å². The molecule has 31 heavy (non-hydrogen) atoms. The summed E-state index contributed by atoms with van der Waals surface area (Å²) in [5.74, 6) is 0.132. The smallest absolute Gasteiger partial charge is 0.256 e. The highest BCUT2D eigenvalue weighted by atomic mass is 16.3. The van der Waals surface area contributed by atoms with Gasteiger partial charge in [-0.1, -0.05) is 6.07 Å². The maximum absolute atomic E-state index is 13.3. The number of phenols is 1. The van der Waals surface area contributed by atoms with E-state index in [1.807, 2.05) is 52.8 Å². The van der Waals surface area contributed by atoms with Gasteiger partial charge in [-0.15, -0.1) is 0 Å². The zero-order chi connectivity index (χ0) is 22.4. The van der Waals surface area contributed by atoms with Crippen LogP contribution in [0.4, 0.5) is 5.82 Å². The Kier molecular flexibility index (Phi) is 4.93. The van der Waals surface area contributed by atoms with E-state index in [1.54, 1.807) is 16.8 Å². The summed E-state index contributed by atoms with van der Waals surface area (Å²) in [6, 6.07) is 6.94. The molecule has 5 N–H and O–H groups in total. The minimum Gasteiger partial charge on any atom is -0.508 e. The molecule has 0 spiro atoms. The minimum atomic E-state index is -0.302. The Morgan fingerprint density at radius 1 is 1.19 bits per heavy atom. The molecule has 8 nitrogen and oxygen atoms in total. The van der Waals surface area contributed by atoms with Crippen LogP contribution >= 0.6 is 0 Å². The molecule has 160 valence electrons. The number of hydrogen-bond acceptors (Lipinski definition) is 5. The van der Waals surface area contributed by atoms with Crippen molar-refractivity contribution in [2.45, 2.75) is 40.7 Å². The number of carbonyl (C=O) groups is 1. The van der Waals surface area contributed by atoms with Crippen LogP contribution in [0.3, 0.4) is 0 Å². The fourth-order valence-electron chi connectivity index (χ4n) is 3.90. The second-order valence-corrected chi connectivity index (χ2v) is 7.94. The zero-order valence-electron chi connectivity index (χ0n) is 18.2. The second kappa shape index (κ2) is 7.46. The van der Waals surface area contributed by atoms with Crippen LogP contribution in [0.25, 0.3) is 16.7 Å². The van der Waals surface area contributed by atoms with Gasteiger partial charge in [0.25, 0.3) is 5.91 Å². The van der Waals surface area contributed by atoms with Crippen molar-refractivity contribution in [2.75, 3.05) is 5.73 Å². The molecule has 0 radical (unpaired) electrons. The Morgan fingerprint density at radius 2 is 1.94 bits per heavy atom. The molecule has 1 unspecified atom stereocenters. The molecule has 0 fully saturated rings. The number of hydrogen-bond donors (Lipinski definition) is 4. The molecule has 3 heterocycles. The predicted molar refractivity (Wildman–Crippen MR) is 121 cm³/mol. The van der Waals surface area contributed by atoms with E-state index >= 15 is 0 Å². The molecule has 0 bridgehead atoms. The Bertz CT molecular complexity index is 1300. The number of amides is 1. The van der Waals surface area contributed by atoms with E-state index in [4.69, 9.17) is 10.7 Å². The van der Waals surface area contributed by atoms with Gasteiger partial charge in [0.15, 0.2) is 0 Å². The number of nitrogens with two attached hydrogens (primary N) is 1. The van der Waals surface area contributed by atoms with Gasteiger partial charge in [-0.3, -0.25) is 14.5 Å². The number of aromatic amines is 1. The second-order valence-electron chi connectivity index (χ2n) is 7.94. The lowest BCUT2D eigenvalue weighted by Gasteiger charge is -2.16. The van der Waals surface area contributed by atoms with Crippen LogP contribution in [0, 0.1) is 27.7 Å². The summed E-state index contributed by atoms with van der Waals surface area (Å²) in [7, 11) is 0. The zero-order valence-corrected chi connectivity index (χ0v) is 18.2. The summed E-state index contributed by atoms with van der Waals surface area (Å²) in [5, 5.41) is 20.8. The number of carbonyl (C=O) groups excluding carboxylic acids is 1. The average molecular weight is 419 g/mol. The first-order chi connectivity index (χ1) is 14.7. The average Bonchev–Trinajstić information content (AvgIpc) is 3.34. The molecule has 0 aliphatic heterocycles. The van der Waals surface area contributed by atoms with Crippen molar-refractivity contribution in [3.63, 3.8) is 0 Å². The van der Waals surface area contributed by atoms with Crippen LogP contribution in [0.5, 0.6) is 5.75 Å². The third-order valence-corrected chi connectivity index (χ3v) is 5.82. The van der Waals surface area contributed by atoms with Crippen molar-refractivity contribution < 1.29 is 9.90 Å². The molecule has 0 saturated carbocycles. The maximum Gasteiger partial charge on any atom is 0.256 e. The molecule has 0 saturated heterocycles. The number of aryl methyl sites for hydroxylation is 3. The van der Waals surface area contributed by atoms with Crippen LogP contribution in [-0.4, -0.2) is 30.8 Å². The van der Waals surface area contributed by atoms with Crippen LogP contribution in [0.15, 0.2) is 30.5 Å². The highest BCUT2D eigenvalue weighted by Gasteiger charge is 2.26. The van der Waals surface area contributed by atoms with Gasteiger partial charge in [0.2, 0.25) is 0 Å². The summed E-state index contributed by atoms with van der Waals surface area (Å²) in [5.41, 5.74) is 12.4. The number of aromatic nitrogens is 4. The number of nitrogens with zero attached hydrogens (tertiary/aromatic N) is 3. The molecule has 1 amide bonds. The molecule has 0 aliphatic rings. The number of fused-ring (bicyclic) bond motifs is 1. The van der Waals surface area contributed by atoms with E-state index in [2.05, 4.69) is 15.5 Å². The maximum atomic E-state index is 13.3. The van der Waals surface area contributed by atoms with Gasteiger partial charge >= 0.3 is 0 Å². The fourth-order valence-corrected chi connectivity index (χ4v) is 3.90. The first-order valence-corrected chi connectivity index (χ1v) is 10.1. The number of aromatic hydroxyl groups is 1. The third kappa shape index (κ3) is 3.30. The summed E-state index contributed by atoms with van der Waals surface area (Å²) in [4.78, 5) is 18.1. The number of rotatable bonds is 4. The first kappa shape index (κ1) is 20.5. The largest absolute Gasteiger partial charge is 0.508 e.